The molecular formula is C14H15ClN6O. The standard InChI is InChI=1S/C14H15ClN6O/c1-9-8-16-4-5-20(9)14-19-11-6-10(15)7-12(13(11)22-14)21-17-2-3-18-21/h2-3,6-7,9,16H,4-5,8H2,1H3. The van der Waals surface area contributed by atoms with Crippen LogP contribution in [-0.4, -0.2) is 45.7 Å². The van der Waals surface area contributed by atoms with Gasteiger partial charge in [0.15, 0.2) is 5.58 Å². The van der Waals surface area contributed by atoms with Crippen LogP contribution in [0.2, 0.25) is 5.02 Å². The van der Waals surface area contributed by atoms with Gasteiger partial charge in [-0.1, -0.05) is 11.6 Å². The number of fused-ring (bicyclic) bond motifs is 1. The summed E-state index contributed by atoms with van der Waals surface area (Å²) in [5.41, 5.74) is 2.04. The third-order valence-electron chi connectivity index (χ3n) is 3.81. The number of rotatable bonds is 2. The fourth-order valence-corrected chi connectivity index (χ4v) is 2.91. The summed E-state index contributed by atoms with van der Waals surface area (Å²) in [6, 6.07) is 4.51. The lowest BCUT2D eigenvalue weighted by atomic mass is 10.2. The maximum Gasteiger partial charge on any atom is 0.298 e. The zero-order valence-corrected chi connectivity index (χ0v) is 12.8. The van der Waals surface area contributed by atoms with Gasteiger partial charge in [-0.25, -0.2) is 0 Å². The normalized spacial score (nSPS) is 19.0. The number of oxazole rings is 1. The van der Waals surface area contributed by atoms with Gasteiger partial charge in [0.25, 0.3) is 6.01 Å². The maximum atomic E-state index is 6.19. The van der Waals surface area contributed by atoms with Crippen LogP contribution in [0.5, 0.6) is 0 Å². The van der Waals surface area contributed by atoms with Gasteiger partial charge in [0, 0.05) is 30.7 Å². The molecule has 1 aromatic carbocycles. The molecule has 1 aliphatic rings. The van der Waals surface area contributed by atoms with Gasteiger partial charge < -0.3 is 14.6 Å². The average molecular weight is 319 g/mol. The van der Waals surface area contributed by atoms with Crippen molar-refractivity contribution in [2.75, 3.05) is 24.5 Å². The number of piperazine rings is 1. The van der Waals surface area contributed by atoms with E-state index in [2.05, 4.69) is 32.3 Å². The van der Waals surface area contributed by atoms with Crippen molar-refractivity contribution in [1.29, 1.82) is 0 Å². The number of nitrogens with zero attached hydrogens (tertiary/aromatic N) is 5. The second-order valence-electron chi connectivity index (χ2n) is 5.33. The fraction of sp³-hybridized carbons (Fsp3) is 0.357. The predicted octanol–water partition coefficient (Wildman–Crippen LogP) is 1.86. The van der Waals surface area contributed by atoms with E-state index >= 15 is 0 Å². The lowest BCUT2D eigenvalue weighted by Crippen LogP contribution is -2.50. The first-order chi connectivity index (χ1) is 10.7. The Balaban J connectivity index is 1.85. The highest BCUT2D eigenvalue weighted by atomic mass is 35.5. The molecule has 22 heavy (non-hydrogen) atoms. The molecule has 1 unspecified atom stereocenters. The number of hydrogen-bond acceptors (Lipinski definition) is 6. The number of halogens is 1. The Morgan fingerprint density at radius 1 is 1.32 bits per heavy atom. The number of benzene rings is 1. The molecule has 1 saturated heterocycles. The van der Waals surface area contributed by atoms with Crippen LogP contribution in [0.3, 0.4) is 0 Å². The summed E-state index contributed by atoms with van der Waals surface area (Å²) in [5, 5.41) is 12.2. The van der Waals surface area contributed by atoms with Crippen molar-refractivity contribution in [3.8, 4) is 5.69 Å². The minimum Gasteiger partial charge on any atom is -0.421 e. The van der Waals surface area contributed by atoms with E-state index in [0.717, 1.165) is 19.6 Å². The predicted molar refractivity (Wildman–Crippen MR) is 83.6 cm³/mol. The largest absolute Gasteiger partial charge is 0.421 e. The van der Waals surface area contributed by atoms with Crippen molar-refractivity contribution in [3.05, 3.63) is 29.5 Å². The quantitative estimate of drug-likeness (QED) is 0.777. The van der Waals surface area contributed by atoms with Gasteiger partial charge in [0.05, 0.1) is 12.4 Å². The van der Waals surface area contributed by atoms with Crippen LogP contribution in [-0.2, 0) is 0 Å². The third kappa shape index (κ3) is 2.22. The first-order valence-electron chi connectivity index (χ1n) is 7.16. The minimum atomic E-state index is 0.323. The Morgan fingerprint density at radius 2 is 2.14 bits per heavy atom. The Bertz CT molecular complexity index is 799. The Kier molecular flexibility index (Phi) is 3.24. The second kappa shape index (κ2) is 5.26. The molecule has 0 radical (unpaired) electrons. The van der Waals surface area contributed by atoms with Crippen LogP contribution in [0.25, 0.3) is 16.8 Å². The van der Waals surface area contributed by atoms with Crippen LogP contribution in [0, 0.1) is 0 Å². The van der Waals surface area contributed by atoms with E-state index in [1.165, 1.54) is 4.80 Å². The molecule has 0 bridgehead atoms. The highest BCUT2D eigenvalue weighted by Crippen LogP contribution is 2.30. The van der Waals surface area contributed by atoms with Crippen molar-refractivity contribution in [1.82, 2.24) is 25.3 Å². The van der Waals surface area contributed by atoms with Gasteiger partial charge in [-0.05, 0) is 19.1 Å². The van der Waals surface area contributed by atoms with Gasteiger partial charge in [0.2, 0.25) is 0 Å². The van der Waals surface area contributed by atoms with Gasteiger partial charge in [-0.3, -0.25) is 0 Å². The molecule has 7 nitrogen and oxygen atoms in total. The molecule has 1 N–H and O–H groups in total. The summed E-state index contributed by atoms with van der Waals surface area (Å²) >= 11 is 6.19. The van der Waals surface area contributed by atoms with Crippen molar-refractivity contribution < 1.29 is 4.42 Å². The topological polar surface area (TPSA) is 72.0 Å². The molecule has 2 aromatic heterocycles. The molecule has 0 spiro atoms. The van der Waals surface area contributed by atoms with E-state index in [0.29, 0.717) is 33.9 Å². The van der Waals surface area contributed by atoms with Crippen LogP contribution < -0.4 is 10.2 Å². The van der Waals surface area contributed by atoms with E-state index < -0.39 is 0 Å². The van der Waals surface area contributed by atoms with E-state index in [9.17, 15) is 0 Å². The average Bonchev–Trinajstić information content (AvgIpc) is 3.15. The molecule has 0 saturated carbocycles. The lowest BCUT2D eigenvalue weighted by Gasteiger charge is -2.32. The van der Waals surface area contributed by atoms with Gasteiger partial charge in [-0.2, -0.15) is 15.2 Å². The third-order valence-corrected chi connectivity index (χ3v) is 4.02. The molecule has 0 aliphatic carbocycles. The summed E-state index contributed by atoms with van der Waals surface area (Å²) in [5.74, 6) is 0. The zero-order chi connectivity index (χ0) is 15.1. The molecule has 3 heterocycles. The van der Waals surface area contributed by atoms with Crippen LogP contribution in [0.4, 0.5) is 6.01 Å². The highest BCUT2D eigenvalue weighted by Gasteiger charge is 2.24. The van der Waals surface area contributed by atoms with Crippen molar-refractivity contribution >= 4 is 28.7 Å². The summed E-state index contributed by atoms with van der Waals surface area (Å²) in [6.07, 6.45) is 3.23. The summed E-state index contributed by atoms with van der Waals surface area (Å²) in [4.78, 5) is 8.24. The Morgan fingerprint density at radius 3 is 2.91 bits per heavy atom. The van der Waals surface area contributed by atoms with E-state index in [1.807, 2.05) is 0 Å². The van der Waals surface area contributed by atoms with Crippen molar-refractivity contribution in [3.63, 3.8) is 0 Å². The lowest BCUT2D eigenvalue weighted by molar-refractivity contribution is 0.455. The highest BCUT2D eigenvalue weighted by molar-refractivity contribution is 6.31. The van der Waals surface area contributed by atoms with Crippen LogP contribution in [0.1, 0.15) is 6.92 Å². The molecule has 1 aliphatic heterocycles. The first kappa shape index (κ1) is 13.5. The van der Waals surface area contributed by atoms with Crippen molar-refractivity contribution in [2.24, 2.45) is 0 Å². The molecule has 8 heteroatoms. The van der Waals surface area contributed by atoms with E-state index in [-0.39, 0.29) is 0 Å². The van der Waals surface area contributed by atoms with Crippen molar-refractivity contribution in [2.45, 2.75) is 13.0 Å². The molecule has 4 rings (SSSR count). The summed E-state index contributed by atoms with van der Waals surface area (Å²) in [6.45, 7) is 4.82. The summed E-state index contributed by atoms with van der Waals surface area (Å²) < 4.78 is 6.02. The number of nitrogens with one attached hydrogen (secondary N) is 1. The molecule has 3 aromatic rings. The smallest absolute Gasteiger partial charge is 0.298 e. The fourth-order valence-electron chi connectivity index (χ4n) is 2.71. The van der Waals surface area contributed by atoms with Gasteiger partial charge in [0.1, 0.15) is 11.2 Å². The molecule has 0 amide bonds. The van der Waals surface area contributed by atoms with Crippen LogP contribution >= 0.6 is 11.6 Å². The zero-order valence-electron chi connectivity index (χ0n) is 12.0. The Hall–Kier alpha value is -2.12. The number of anilines is 1. The summed E-state index contributed by atoms with van der Waals surface area (Å²) in [7, 11) is 0. The maximum absolute atomic E-state index is 6.19. The SMILES string of the molecule is CC1CNCCN1c1nc2cc(Cl)cc(-n3nccn3)c2o1. The van der Waals surface area contributed by atoms with Gasteiger partial charge >= 0.3 is 0 Å². The molecule has 1 atom stereocenters. The number of aromatic nitrogens is 4. The van der Waals surface area contributed by atoms with Crippen LogP contribution in [0.15, 0.2) is 28.9 Å². The Labute approximate surface area is 131 Å². The van der Waals surface area contributed by atoms with E-state index in [1.54, 1.807) is 24.5 Å². The molecule has 1 fully saturated rings. The second-order valence-corrected chi connectivity index (χ2v) is 5.77. The molecule has 114 valence electrons. The minimum absolute atomic E-state index is 0.323. The van der Waals surface area contributed by atoms with E-state index in [4.69, 9.17) is 16.0 Å². The monoisotopic (exact) mass is 318 g/mol. The molecular weight excluding hydrogens is 304 g/mol. The first-order valence-corrected chi connectivity index (χ1v) is 7.54. The van der Waals surface area contributed by atoms with Gasteiger partial charge in [-0.15, -0.1) is 4.80 Å². The number of hydrogen-bond donors (Lipinski definition) is 1.